The zero-order chi connectivity index (χ0) is 22.8. The second-order valence-electron chi connectivity index (χ2n) is 7.84. The largest absolute Gasteiger partial charge is 0.481 e. The number of aliphatic carboxylic acids is 1. The molecule has 0 fully saturated rings. The summed E-state index contributed by atoms with van der Waals surface area (Å²) in [6.07, 6.45) is 10.7. The van der Waals surface area contributed by atoms with Crippen molar-refractivity contribution in [2.24, 2.45) is 10.7 Å². The van der Waals surface area contributed by atoms with Crippen molar-refractivity contribution < 1.29 is 14.6 Å². The Morgan fingerprint density at radius 3 is 2.97 bits per heavy atom. The number of unbranched alkanes of at least 4 members (excludes halogenated alkanes) is 1. The quantitative estimate of drug-likeness (QED) is 0.362. The Balaban J connectivity index is 1.48. The van der Waals surface area contributed by atoms with Crippen LogP contribution in [-0.4, -0.2) is 40.9 Å². The van der Waals surface area contributed by atoms with E-state index in [4.69, 9.17) is 15.5 Å². The summed E-state index contributed by atoms with van der Waals surface area (Å²) in [6.45, 7) is 0.995. The number of anilines is 1. The predicted molar refractivity (Wildman–Crippen MR) is 125 cm³/mol. The van der Waals surface area contributed by atoms with Gasteiger partial charge >= 0.3 is 5.97 Å². The minimum Gasteiger partial charge on any atom is -0.481 e. The van der Waals surface area contributed by atoms with E-state index >= 15 is 0 Å². The highest BCUT2D eigenvalue weighted by atomic mass is 16.5. The Hall–Kier alpha value is -3.42. The molecule has 170 valence electrons. The zero-order valence-corrected chi connectivity index (χ0v) is 18.5. The lowest BCUT2D eigenvalue weighted by atomic mass is 10.1. The maximum atomic E-state index is 11.2. The second-order valence-corrected chi connectivity index (χ2v) is 7.84. The number of hydrogen-bond acceptors (Lipinski definition) is 7. The monoisotopic (exact) mass is 437 g/mol. The van der Waals surface area contributed by atoms with Crippen LogP contribution in [0.4, 0.5) is 5.82 Å². The van der Waals surface area contributed by atoms with Crippen molar-refractivity contribution in [1.29, 1.82) is 0 Å². The number of nitrogens with one attached hydrogen (secondary N) is 1. The first kappa shape index (κ1) is 23.2. The summed E-state index contributed by atoms with van der Waals surface area (Å²) >= 11 is 0. The summed E-state index contributed by atoms with van der Waals surface area (Å²) in [4.78, 5) is 24.4. The maximum absolute atomic E-state index is 11.2. The molecular formula is C24H31N5O3. The average molecular weight is 438 g/mol. The highest BCUT2D eigenvalue weighted by molar-refractivity contribution is 5.73. The molecule has 3 heterocycles. The van der Waals surface area contributed by atoms with Crippen LogP contribution in [0.15, 0.2) is 47.2 Å². The summed E-state index contributed by atoms with van der Waals surface area (Å²) in [7, 11) is 1.53. The summed E-state index contributed by atoms with van der Waals surface area (Å²) < 4.78 is 5.04. The van der Waals surface area contributed by atoms with Crippen LogP contribution in [-0.2, 0) is 17.6 Å². The number of aryl methyl sites for hydroxylation is 2. The van der Waals surface area contributed by atoms with Crippen LogP contribution in [0.5, 0.6) is 5.88 Å². The van der Waals surface area contributed by atoms with E-state index in [0.717, 1.165) is 62.3 Å². The van der Waals surface area contributed by atoms with Gasteiger partial charge in [0.25, 0.3) is 0 Å². The van der Waals surface area contributed by atoms with Crippen LogP contribution in [0.1, 0.15) is 55.0 Å². The van der Waals surface area contributed by atoms with Gasteiger partial charge in [0.15, 0.2) is 0 Å². The lowest BCUT2D eigenvalue weighted by Crippen LogP contribution is -2.14. The molecule has 1 aliphatic heterocycles. The molecule has 2 aromatic rings. The first-order chi connectivity index (χ1) is 15.5. The molecule has 4 N–H and O–H groups in total. The fourth-order valence-electron chi connectivity index (χ4n) is 3.60. The topological polar surface area (TPSA) is 123 Å². The number of allylic oxidation sites excluding steroid dienone is 2. The standard InChI is InChI=1S/C24H31N5O3/c1-32-22-11-9-18(16-28-22)21(15-23(30)31)26-14-12-19(25)6-2-3-7-20-10-8-17-5-4-13-27-24(17)29-20/h8-12,14,16,21H,2-7,13,15,25H2,1H3,(H,27,29)(H,30,31). The summed E-state index contributed by atoms with van der Waals surface area (Å²) in [5, 5.41) is 12.6. The normalized spacial score (nSPS) is 14.6. The number of carboxylic acids is 1. The lowest BCUT2D eigenvalue weighted by molar-refractivity contribution is -0.137. The van der Waals surface area contributed by atoms with E-state index in [2.05, 4.69) is 27.4 Å². The Morgan fingerprint density at radius 1 is 1.34 bits per heavy atom. The number of methoxy groups -OCH3 is 1. The molecule has 32 heavy (non-hydrogen) atoms. The number of carboxylic acid groups (broad SMARTS) is 1. The number of fused-ring (bicyclic) bond motifs is 1. The number of rotatable bonds is 11. The SMILES string of the molecule is COc1ccc(C(CC(=O)O)N=CC=C(N)CCCCc2ccc3c(n2)NCCC3)cn1. The number of aromatic nitrogens is 2. The first-order valence-electron chi connectivity index (χ1n) is 11.0. The number of carbonyl (C=O) groups is 1. The van der Waals surface area contributed by atoms with E-state index in [9.17, 15) is 9.90 Å². The van der Waals surface area contributed by atoms with Crippen molar-refractivity contribution in [3.05, 3.63) is 59.1 Å². The summed E-state index contributed by atoms with van der Waals surface area (Å²) in [5.74, 6) is 0.580. The number of hydrogen-bond donors (Lipinski definition) is 3. The van der Waals surface area contributed by atoms with Gasteiger partial charge in [-0.15, -0.1) is 0 Å². The number of pyridine rings is 2. The first-order valence-corrected chi connectivity index (χ1v) is 11.0. The third-order valence-corrected chi connectivity index (χ3v) is 5.38. The molecule has 1 unspecified atom stereocenters. The van der Waals surface area contributed by atoms with Crippen molar-refractivity contribution in [2.45, 2.75) is 51.0 Å². The van der Waals surface area contributed by atoms with Crippen molar-refractivity contribution in [3.8, 4) is 5.88 Å². The van der Waals surface area contributed by atoms with E-state index in [-0.39, 0.29) is 6.42 Å². The van der Waals surface area contributed by atoms with Crippen LogP contribution in [0.25, 0.3) is 0 Å². The van der Waals surface area contributed by atoms with Crippen molar-refractivity contribution in [3.63, 3.8) is 0 Å². The molecular weight excluding hydrogens is 406 g/mol. The molecule has 0 amide bonds. The van der Waals surface area contributed by atoms with Gasteiger partial charge in [0, 0.05) is 36.4 Å². The smallest absolute Gasteiger partial charge is 0.305 e. The number of nitrogens with two attached hydrogens (primary N) is 1. The minimum absolute atomic E-state index is 0.124. The molecule has 0 saturated carbocycles. The van der Waals surface area contributed by atoms with E-state index in [1.165, 1.54) is 12.7 Å². The average Bonchev–Trinajstić information content (AvgIpc) is 2.81. The molecule has 0 radical (unpaired) electrons. The van der Waals surface area contributed by atoms with E-state index < -0.39 is 12.0 Å². The number of aliphatic imine (C=N–C) groups is 1. The Bertz CT molecular complexity index is 957. The van der Waals surface area contributed by atoms with E-state index in [0.29, 0.717) is 11.4 Å². The second kappa shape index (κ2) is 11.8. The zero-order valence-electron chi connectivity index (χ0n) is 18.5. The van der Waals surface area contributed by atoms with Gasteiger partial charge in [-0.05, 0) is 67.9 Å². The highest BCUT2D eigenvalue weighted by Gasteiger charge is 2.14. The molecule has 8 heteroatoms. The van der Waals surface area contributed by atoms with Gasteiger partial charge in [0.1, 0.15) is 5.82 Å². The van der Waals surface area contributed by atoms with Crippen molar-refractivity contribution in [1.82, 2.24) is 9.97 Å². The van der Waals surface area contributed by atoms with Crippen LogP contribution in [0.3, 0.4) is 0 Å². The summed E-state index contributed by atoms with van der Waals surface area (Å²) in [6, 6.07) is 7.24. The van der Waals surface area contributed by atoms with Gasteiger partial charge < -0.3 is 20.9 Å². The molecule has 0 aromatic carbocycles. The van der Waals surface area contributed by atoms with Gasteiger partial charge in [-0.3, -0.25) is 9.79 Å². The molecule has 0 spiro atoms. The van der Waals surface area contributed by atoms with Gasteiger partial charge in [0.2, 0.25) is 5.88 Å². The van der Waals surface area contributed by atoms with Crippen LogP contribution in [0.2, 0.25) is 0 Å². The molecule has 2 aromatic heterocycles. The van der Waals surface area contributed by atoms with Gasteiger partial charge in [-0.2, -0.15) is 0 Å². The Labute approximate surface area is 188 Å². The predicted octanol–water partition coefficient (Wildman–Crippen LogP) is 3.69. The highest BCUT2D eigenvalue weighted by Crippen LogP contribution is 2.22. The van der Waals surface area contributed by atoms with Gasteiger partial charge in [0.05, 0.1) is 19.6 Å². The fraction of sp³-hybridized carbons (Fsp3) is 0.417. The molecule has 3 rings (SSSR count). The van der Waals surface area contributed by atoms with Crippen LogP contribution < -0.4 is 15.8 Å². The molecule has 8 nitrogen and oxygen atoms in total. The number of ether oxygens (including phenoxy) is 1. The molecule has 0 aliphatic carbocycles. The molecule has 0 saturated heterocycles. The minimum atomic E-state index is -0.925. The van der Waals surface area contributed by atoms with Crippen molar-refractivity contribution in [2.75, 3.05) is 19.0 Å². The van der Waals surface area contributed by atoms with E-state index in [1.54, 1.807) is 30.6 Å². The van der Waals surface area contributed by atoms with Crippen LogP contribution in [0, 0.1) is 0 Å². The Kier molecular flexibility index (Phi) is 8.60. The Morgan fingerprint density at radius 2 is 2.22 bits per heavy atom. The molecule has 1 atom stereocenters. The van der Waals surface area contributed by atoms with Crippen molar-refractivity contribution >= 4 is 18.0 Å². The molecule has 1 aliphatic rings. The third kappa shape index (κ3) is 7.08. The third-order valence-electron chi connectivity index (χ3n) is 5.38. The van der Waals surface area contributed by atoms with Crippen LogP contribution >= 0.6 is 0 Å². The maximum Gasteiger partial charge on any atom is 0.305 e. The summed E-state index contributed by atoms with van der Waals surface area (Å²) in [5.41, 5.74) is 9.94. The molecule has 0 bridgehead atoms. The van der Waals surface area contributed by atoms with Gasteiger partial charge in [-0.25, -0.2) is 9.97 Å². The number of nitrogens with zero attached hydrogens (tertiary/aromatic N) is 3. The fourth-order valence-corrected chi connectivity index (χ4v) is 3.60. The van der Waals surface area contributed by atoms with E-state index in [1.807, 2.05) is 0 Å². The van der Waals surface area contributed by atoms with Gasteiger partial charge in [-0.1, -0.05) is 6.07 Å². The lowest BCUT2D eigenvalue weighted by Gasteiger charge is -2.17.